The van der Waals surface area contributed by atoms with E-state index in [0.717, 1.165) is 24.5 Å². The second-order valence-corrected chi connectivity index (χ2v) is 5.80. The first kappa shape index (κ1) is 14.2. The van der Waals surface area contributed by atoms with E-state index in [1.165, 1.54) is 5.23 Å². The van der Waals surface area contributed by atoms with Crippen LogP contribution >= 0.6 is 0 Å². The van der Waals surface area contributed by atoms with Gasteiger partial charge in [-0.3, -0.25) is 0 Å². The second kappa shape index (κ2) is 5.02. The highest BCUT2D eigenvalue weighted by molar-refractivity contribution is 5.46. The van der Waals surface area contributed by atoms with Gasteiger partial charge in [-0.1, -0.05) is 6.92 Å². The van der Waals surface area contributed by atoms with Crippen LogP contribution in [0.25, 0.3) is 0 Å². The van der Waals surface area contributed by atoms with Crippen molar-refractivity contribution in [2.24, 2.45) is 0 Å². The summed E-state index contributed by atoms with van der Waals surface area (Å²) in [6.45, 7) is 10.9. The highest BCUT2D eigenvalue weighted by atomic mass is 17.0. The topological polar surface area (TPSA) is 30.9 Å². The Labute approximate surface area is 115 Å². The fourth-order valence-electron chi connectivity index (χ4n) is 1.64. The predicted molar refractivity (Wildman–Crippen MR) is 75.0 cm³/mol. The van der Waals surface area contributed by atoms with Crippen LogP contribution in [0.3, 0.4) is 0 Å². The summed E-state index contributed by atoms with van der Waals surface area (Å²) in [6.07, 6.45) is 1.00. The Kier molecular flexibility index (Phi) is 3.74. The molecule has 0 unspecified atom stereocenters. The minimum Gasteiger partial charge on any atom is -0.494 e. The molecular formula is C15H23NO3. The molecule has 106 valence electrons. The maximum absolute atomic E-state index is 5.84. The van der Waals surface area contributed by atoms with Gasteiger partial charge >= 0.3 is 0 Å². The third kappa shape index (κ3) is 2.85. The van der Waals surface area contributed by atoms with E-state index < -0.39 is 0 Å². The van der Waals surface area contributed by atoms with Crippen molar-refractivity contribution >= 4 is 5.69 Å². The van der Waals surface area contributed by atoms with Crippen LogP contribution < -0.4 is 9.96 Å². The first-order chi connectivity index (χ1) is 8.86. The van der Waals surface area contributed by atoms with Gasteiger partial charge in [0.05, 0.1) is 12.3 Å². The number of anilines is 1. The quantitative estimate of drug-likeness (QED) is 0.830. The van der Waals surface area contributed by atoms with Crippen LogP contribution in [0.1, 0.15) is 41.0 Å². The maximum atomic E-state index is 5.84. The van der Waals surface area contributed by atoms with Crippen molar-refractivity contribution in [3.63, 3.8) is 0 Å². The molecule has 0 N–H and O–H groups in total. The summed E-state index contributed by atoms with van der Waals surface area (Å²) in [7, 11) is 0. The summed E-state index contributed by atoms with van der Waals surface area (Å²) in [5.74, 6) is 0.864. The van der Waals surface area contributed by atoms with E-state index in [1.54, 1.807) is 0 Å². The fraction of sp³-hybridized carbons (Fsp3) is 0.600. The Balaban J connectivity index is 2.08. The summed E-state index contributed by atoms with van der Waals surface area (Å²) in [6, 6.07) is 7.72. The molecule has 1 aliphatic heterocycles. The van der Waals surface area contributed by atoms with Crippen molar-refractivity contribution in [2.75, 3.05) is 11.8 Å². The van der Waals surface area contributed by atoms with Crippen LogP contribution in [0.5, 0.6) is 5.75 Å². The van der Waals surface area contributed by atoms with Crippen molar-refractivity contribution in [3.05, 3.63) is 24.3 Å². The maximum Gasteiger partial charge on any atom is 0.124 e. The van der Waals surface area contributed by atoms with Gasteiger partial charge in [-0.25, -0.2) is 9.68 Å². The van der Waals surface area contributed by atoms with Crippen LogP contribution in [0.2, 0.25) is 0 Å². The Morgan fingerprint density at radius 1 is 1.00 bits per heavy atom. The van der Waals surface area contributed by atoms with Crippen molar-refractivity contribution in [1.82, 2.24) is 0 Å². The van der Waals surface area contributed by atoms with Gasteiger partial charge in [0.15, 0.2) is 0 Å². The molecule has 1 saturated heterocycles. The Morgan fingerprint density at radius 3 is 2.00 bits per heavy atom. The molecule has 0 radical (unpaired) electrons. The minimum absolute atomic E-state index is 0.371. The number of benzene rings is 1. The molecule has 1 fully saturated rings. The van der Waals surface area contributed by atoms with Crippen LogP contribution in [0, 0.1) is 0 Å². The lowest BCUT2D eigenvalue weighted by Gasteiger charge is -2.26. The van der Waals surface area contributed by atoms with E-state index in [-0.39, 0.29) is 11.2 Å². The van der Waals surface area contributed by atoms with Crippen molar-refractivity contribution in [1.29, 1.82) is 0 Å². The molecule has 0 bridgehead atoms. The summed E-state index contributed by atoms with van der Waals surface area (Å²) in [4.78, 5) is 11.7. The average molecular weight is 265 g/mol. The summed E-state index contributed by atoms with van der Waals surface area (Å²) in [5, 5.41) is 1.49. The SMILES string of the molecule is CCCOc1ccc(N2OC(C)(C)C(C)(C)O2)cc1. The van der Waals surface area contributed by atoms with Gasteiger partial charge in [-0.2, -0.15) is 0 Å². The fourth-order valence-corrected chi connectivity index (χ4v) is 1.64. The molecule has 4 heteroatoms. The first-order valence-electron chi connectivity index (χ1n) is 6.77. The van der Waals surface area contributed by atoms with Crippen molar-refractivity contribution < 1.29 is 14.4 Å². The Hall–Kier alpha value is -1.26. The van der Waals surface area contributed by atoms with E-state index in [0.29, 0.717) is 0 Å². The third-order valence-electron chi connectivity index (χ3n) is 3.59. The lowest BCUT2D eigenvalue weighted by Crippen LogP contribution is -2.41. The summed E-state index contributed by atoms with van der Waals surface area (Å²) >= 11 is 0. The van der Waals surface area contributed by atoms with Gasteiger partial charge in [0.25, 0.3) is 0 Å². The molecule has 19 heavy (non-hydrogen) atoms. The normalized spacial score (nSPS) is 20.6. The van der Waals surface area contributed by atoms with Gasteiger partial charge in [-0.15, -0.1) is 5.23 Å². The zero-order valence-corrected chi connectivity index (χ0v) is 12.4. The lowest BCUT2D eigenvalue weighted by atomic mass is 9.90. The number of rotatable bonds is 4. The molecule has 1 aromatic rings. The molecule has 1 heterocycles. The lowest BCUT2D eigenvalue weighted by molar-refractivity contribution is -0.0273. The Morgan fingerprint density at radius 2 is 1.53 bits per heavy atom. The van der Waals surface area contributed by atoms with Crippen LogP contribution in [0.15, 0.2) is 24.3 Å². The monoisotopic (exact) mass is 265 g/mol. The number of ether oxygens (including phenoxy) is 1. The van der Waals surface area contributed by atoms with E-state index in [4.69, 9.17) is 14.4 Å². The molecule has 0 saturated carbocycles. The molecular weight excluding hydrogens is 242 g/mol. The number of nitrogens with zero attached hydrogens (tertiary/aromatic N) is 1. The van der Waals surface area contributed by atoms with Crippen molar-refractivity contribution in [2.45, 2.75) is 52.2 Å². The zero-order chi connectivity index (χ0) is 14.1. The molecule has 1 aromatic carbocycles. The van der Waals surface area contributed by atoms with Gasteiger partial charge < -0.3 is 4.74 Å². The van der Waals surface area contributed by atoms with Crippen LogP contribution in [-0.2, 0) is 9.68 Å². The van der Waals surface area contributed by atoms with E-state index in [2.05, 4.69) is 6.92 Å². The van der Waals surface area contributed by atoms with Gasteiger partial charge in [0.1, 0.15) is 17.0 Å². The zero-order valence-electron chi connectivity index (χ0n) is 12.4. The largest absolute Gasteiger partial charge is 0.494 e. The van der Waals surface area contributed by atoms with Gasteiger partial charge in [0, 0.05) is 0 Å². The highest BCUT2D eigenvalue weighted by Crippen LogP contribution is 2.39. The van der Waals surface area contributed by atoms with Crippen LogP contribution in [-0.4, -0.2) is 17.8 Å². The van der Waals surface area contributed by atoms with E-state index >= 15 is 0 Å². The molecule has 0 atom stereocenters. The smallest absolute Gasteiger partial charge is 0.124 e. The minimum atomic E-state index is -0.371. The molecule has 0 spiro atoms. The standard InChI is InChI=1S/C15H23NO3/c1-6-11-17-13-9-7-12(8-10-13)16-18-14(2,3)15(4,5)19-16/h7-10H,6,11H2,1-5H3. The molecule has 0 aromatic heterocycles. The first-order valence-corrected chi connectivity index (χ1v) is 6.77. The molecule has 4 nitrogen and oxygen atoms in total. The summed E-state index contributed by atoms with van der Waals surface area (Å²) < 4.78 is 5.55. The van der Waals surface area contributed by atoms with Gasteiger partial charge in [0.2, 0.25) is 0 Å². The Bertz CT molecular complexity index is 410. The van der Waals surface area contributed by atoms with E-state index in [1.807, 2.05) is 52.0 Å². The number of hydrogen-bond donors (Lipinski definition) is 0. The molecule has 0 aliphatic carbocycles. The number of hydrogen-bond acceptors (Lipinski definition) is 4. The van der Waals surface area contributed by atoms with E-state index in [9.17, 15) is 0 Å². The van der Waals surface area contributed by atoms with Gasteiger partial charge in [-0.05, 0) is 58.4 Å². The molecule has 1 aliphatic rings. The summed E-state index contributed by atoms with van der Waals surface area (Å²) in [5.41, 5.74) is 0.122. The average Bonchev–Trinajstić information content (AvgIpc) is 2.56. The molecule has 2 rings (SSSR count). The highest BCUT2D eigenvalue weighted by Gasteiger charge is 2.50. The third-order valence-corrected chi connectivity index (χ3v) is 3.59. The van der Waals surface area contributed by atoms with Crippen LogP contribution in [0.4, 0.5) is 5.69 Å². The van der Waals surface area contributed by atoms with Crippen molar-refractivity contribution in [3.8, 4) is 5.75 Å². The predicted octanol–water partition coefficient (Wildman–Crippen LogP) is 3.72. The molecule has 0 amide bonds. The second-order valence-electron chi connectivity index (χ2n) is 5.80.